The van der Waals surface area contributed by atoms with Crippen molar-refractivity contribution < 1.29 is 0 Å². The highest BCUT2D eigenvalue weighted by Crippen LogP contribution is 2.05. The Morgan fingerprint density at radius 3 is 2.79 bits per heavy atom. The van der Waals surface area contributed by atoms with Crippen LogP contribution in [-0.2, 0) is 13.0 Å². The van der Waals surface area contributed by atoms with E-state index in [4.69, 9.17) is 0 Å². The molecule has 0 fully saturated rings. The van der Waals surface area contributed by atoms with Crippen molar-refractivity contribution in [2.75, 3.05) is 6.54 Å². The molecule has 2 heterocycles. The van der Waals surface area contributed by atoms with Crippen molar-refractivity contribution in [1.29, 1.82) is 0 Å². The summed E-state index contributed by atoms with van der Waals surface area (Å²) in [5.74, 6) is 0.709. The van der Waals surface area contributed by atoms with Crippen LogP contribution in [0.3, 0.4) is 0 Å². The summed E-state index contributed by atoms with van der Waals surface area (Å²) in [5.41, 5.74) is 1.76. The van der Waals surface area contributed by atoms with Gasteiger partial charge in [-0.05, 0) is 6.92 Å². The molecule has 0 bridgehead atoms. The molecule has 0 saturated carbocycles. The van der Waals surface area contributed by atoms with Crippen molar-refractivity contribution in [2.24, 2.45) is 0 Å². The summed E-state index contributed by atoms with van der Waals surface area (Å²) in [6.07, 6.45) is 0.861. The van der Waals surface area contributed by atoms with Crippen LogP contribution in [0, 0.1) is 6.92 Å². The number of nitrogens with one attached hydrogen (secondary N) is 2. The first-order chi connectivity index (χ1) is 5.77. The average molecular weight is 238 g/mol. The van der Waals surface area contributed by atoms with E-state index in [0.717, 1.165) is 24.2 Å². The number of aryl methyl sites for hydroxylation is 1. The summed E-state index contributed by atoms with van der Waals surface area (Å²) in [5, 5.41) is 3.14. The van der Waals surface area contributed by atoms with Crippen LogP contribution in [0.5, 0.6) is 0 Å². The number of H-pyrrole nitrogens is 1. The SMILES string of the molecule is Cc1nc2c(c(=O)[nH]1)CNCC2.Cl.Cl. The molecular weight excluding hydrogens is 225 g/mol. The Kier molecular flexibility index (Phi) is 5.12. The van der Waals surface area contributed by atoms with Gasteiger partial charge in [-0.25, -0.2) is 4.98 Å². The normalized spacial score (nSPS) is 13.5. The number of halogens is 2. The van der Waals surface area contributed by atoms with Gasteiger partial charge in [-0.3, -0.25) is 4.79 Å². The maximum atomic E-state index is 11.3. The molecule has 0 radical (unpaired) electrons. The molecule has 0 aromatic carbocycles. The van der Waals surface area contributed by atoms with Gasteiger partial charge in [-0.15, -0.1) is 24.8 Å². The van der Waals surface area contributed by atoms with Crippen molar-refractivity contribution in [3.63, 3.8) is 0 Å². The van der Waals surface area contributed by atoms with Crippen molar-refractivity contribution in [1.82, 2.24) is 15.3 Å². The molecule has 1 aliphatic rings. The van der Waals surface area contributed by atoms with E-state index in [9.17, 15) is 4.79 Å². The van der Waals surface area contributed by atoms with Crippen LogP contribution in [0.15, 0.2) is 4.79 Å². The highest BCUT2D eigenvalue weighted by molar-refractivity contribution is 5.85. The molecule has 0 atom stereocenters. The van der Waals surface area contributed by atoms with E-state index in [1.807, 2.05) is 6.92 Å². The standard InChI is InChI=1S/C8H11N3O.2ClH/c1-5-10-7-2-3-9-4-6(7)8(12)11-5;;/h9H,2-4H2,1H3,(H,10,11,12);2*1H. The van der Waals surface area contributed by atoms with Crippen LogP contribution in [0.2, 0.25) is 0 Å². The largest absolute Gasteiger partial charge is 0.312 e. The quantitative estimate of drug-likeness (QED) is 0.694. The van der Waals surface area contributed by atoms with Gasteiger partial charge < -0.3 is 10.3 Å². The Morgan fingerprint density at radius 1 is 1.36 bits per heavy atom. The minimum atomic E-state index is 0. The van der Waals surface area contributed by atoms with E-state index in [1.54, 1.807) is 0 Å². The lowest BCUT2D eigenvalue weighted by molar-refractivity contribution is 0.617. The summed E-state index contributed by atoms with van der Waals surface area (Å²) in [6.45, 7) is 3.38. The molecule has 80 valence electrons. The molecule has 6 heteroatoms. The van der Waals surface area contributed by atoms with Crippen LogP contribution in [0.4, 0.5) is 0 Å². The summed E-state index contributed by atoms with van der Waals surface area (Å²) in [7, 11) is 0. The minimum Gasteiger partial charge on any atom is -0.312 e. The van der Waals surface area contributed by atoms with Crippen LogP contribution in [0.25, 0.3) is 0 Å². The molecule has 1 aliphatic heterocycles. The van der Waals surface area contributed by atoms with Crippen LogP contribution < -0.4 is 10.9 Å². The fourth-order valence-electron chi connectivity index (χ4n) is 1.48. The van der Waals surface area contributed by atoms with E-state index >= 15 is 0 Å². The van der Waals surface area contributed by atoms with Crippen LogP contribution >= 0.6 is 24.8 Å². The van der Waals surface area contributed by atoms with Gasteiger partial charge in [-0.1, -0.05) is 0 Å². The lowest BCUT2D eigenvalue weighted by atomic mass is 10.1. The van der Waals surface area contributed by atoms with E-state index in [1.165, 1.54) is 0 Å². The second kappa shape index (κ2) is 5.34. The highest BCUT2D eigenvalue weighted by atomic mass is 35.5. The average Bonchev–Trinajstić information content (AvgIpc) is 2.04. The zero-order chi connectivity index (χ0) is 8.55. The van der Waals surface area contributed by atoms with Gasteiger partial charge in [0.15, 0.2) is 0 Å². The maximum Gasteiger partial charge on any atom is 0.255 e. The molecule has 0 amide bonds. The number of aromatic amines is 1. The monoisotopic (exact) mass is 237 g/mol. The lowest BCUT2D eigenvalue weighted by Gasteiger charge is -2.14. The van der Waals surface area contributed by atoms with Gasteiger partial charge in [0.25, 0.3) is 5.56 Å². The first-order valence-electron chi connectivity index (χ1n) is 4.07. The molecule has 0 spiro atoms. The van der Waals surface area contributed by atoms with Crippen molar-refractivity contribution in [2.45, 2.75) is 19.9 Å². The van der Waals surface area contributed by atoms with Gasteiger partial charge in [0, 0.05) is 19.5 Å². The van der Waals surface area contributed by atoms with Crippen molar-refractivity contribution in [3.8, 4) is 0 Å². The second-order valence-electron chi connectivity index (χ2n) is 3.00. The third kappa shape index (κ3) is 2.47. The van der Waals surface area contributed by atoms with Gasteiger partial charge >= 0.3 is 0 Å². The highest BCUT2D eigenvalue weighted by Gasteiger charge is 2.13. The molecule has 2 rings (SSSR count). The van der Waals surface area contributed by atoms with E-state index in [0.29, 0.717) is 12.4 Å². The number of hydrogen-bond acceptors (Lipinski definition) is 3. The summed E-state index contributed by atoms with van der Waals surface area (Å²) < 4.78 is 0. The molecule has 0 unspecified atom stereocenters. The Bertz CT molecular complexity index is 364. The molecule has 2 N–H and O–H groups in total. The van der Waals surface area contributed by atoms with Gasteiger partial charge in [0.2, 0.25) is 0 Å². The van der Waals surface area contributed by atoms with Crippen molar-refractivity contribution in [3.05, 3.63) is 27.4 Å². The predicted octanol–water partition coefficient (Wildman–Crippen LogP) is 0.568. The smallest absolute Gasteiger partial charge is 0.255 e. The first-order valence-corrected chi connectivity index (χ1v) is 4.07. The number of rotatable bonds is 0. The number of aromatic nitrogens is 2. The third-order valence-electron chi connectivity index (χ3n) is 2.06. The maximum absolute atomic E-state index is 11.3. The molecular formula is C8H13Cl2N3O. The molecule has 1 aromatic heterocycles. The Labute approximate surface area is 94.3 Å². The first kappa shape index (κ1) is 13.4. The Hall–Kier alpha value is -0.580. The van der Waals surface area contributed by atoms with Gasteiger partial charge in [-0.2, -0.15) is 0 Å². The second-order valence-corrected chi connectivity index (χ2v) is 3.00. The van der Waals surface area contributed by atoms with Gasteiger partial charge in [0.05, 0.1) is 11.3 Å². The minimum absolute atomic E-state index is 0. The predicted molar refractivity (Wildman–Crippen MR) is 59.5 cm³/mol. The summed E-state index contributed by atoms with van der Waals surface area (Å²) >= 11 is 0. The molecule has 4 nitrogen and oxygen atoms in total. The molecule has 0 saturated heterocycles. The van der Waals surface area contributed by atoms with E-state index in [2.05, 4.69) is 15.3 Å². The van der Waals surface area contributed by atoms with Gasteiger partial charge in [0.1, 0.15) is 5.82 Å². The molecule has 0 aliphatic carbocycles. The number of fused-ring (bicyclic) bond motifs is 1. The molecule has 14 heavy (non-hydrogen) atoms. The molecule has 1 aromatic rings. The fourth-order valence-corrected chi connectivity index (χ4v) is 1.48. The fraction of sp³-hybridized carbons (Fsp3) is 0.500. The van der Waals surface area contributed by atoms with Crippen molar-refractivity contribution >= 4 is 24.8 Å². The number of hydrogen-bond donors (Lipinski definition) is 2. The Balaban J connectivity index is 0.000000845. The van der Waals surface area contributed by atoms with Crippen LogP contribution in [-0.4, -0.2) is 16.5 Å². The van der Waals surface area contributed by atoms with E-state index < -0.39 is 0 Å². The third-order valence-corrected chi connectivity index (χ3v) is 2.06. The summed E-state index contributed by atoms with van der Waals surface area (Å²) in [6, 6.07) is 0. The van der Waals surface area contributed by atoms with E-state index in [-0.39, 0.29) is 30.4 Å². The topological polar surface area (TPSA) is 57.8 Å². The number of nitrogens with zero attached hydrogens (tertiary/aromatic N) is 1. The zero-order valence-corrected chi connectivity index (χ0v) is 9.43. The summed E-state index contributed by atoms with van der Waals surface area (Å²) in [4.78, 5) is 18.3. The lowest BCUT2D eigenvalue weighted by Crippen LogP contribution is -2.31. The van der Waals surface area contributed by atoms with Crippen LogP contribution in [0.1, 0.15) is 17.1 Å². The Morgan fingerprint density at radius 2 is 2.07 bits per heavy atom. The zero-order valence-electron chi connectivity index (χ0n) is 7.79.